The molecular weight excluding hydrogens is 224 g/mol. The highest BCUT2D eigenvalue weighted by Crippen LogP contribution is 2.35. The van der Waals surface area contributed by atoms with E-state index >= 15 is 0 Å². The van der Waals surface area contributed by atoms with Gasteiger partial charge < -0.3 is 10.6 Å². The molecule has 1 saturated carbocycles. The third-order valence-corrected chi connectivity index (χ3v) is 4.99. The topological polar surface area (TPSA) is 41.1 Å². The van der Waals surface area contributed by atoms with Crippen LogP contribution in [0.3, 0.4) is 0 Å². The summed E-state index contributed by atoms with van der Waals surface area (Å²) in [6.07, 6.45) is 8.08. The fourth-order valence-electron chi connectivity index (χ4n) is 3.39. The molecule has 2 N–H and O–H groups in total. The summed E-state index contributed by atoms with van der Waals surface area (Å²) < 4.78 is 0. The van der Waals surface area contributed by atoms with Gasteiger partial charge in [0.1, 0.15) is 0 Å². The predicted molar refractivity (Wildman–Crippen MR) is 74.4 cm³/mol. The van der Waals surface area contributed by atoms with Crippen LogP contribution >= 0.6 is 0 Å². The second kappa shape index (κ2) is 6.05. The van der Waals surface area contributed by atoms with E-state index < -0.39 is 0 Å². The minimum absolute atomic E-state index is 0.0853. The zero-order valence-electron chi connectivity index (χ0n) is 11.9. The van der Waals surface area contributed by atoms with E-state index in [2.05, 4.69) is 24.5 Å². The van der Waals surface area contributed by atoms with Gasteiger partial charge in [-0.15, -0.1) is 0 Å². The third kappa shape index (κ3) is 2.87. The number of nitrogens with one attached hydrogen (secondary N) is 2. The average Bonchev–Trinajstić information content (AvgIpc) is 2.28. The van der Waals surface area contributed by atoms with Crippen molar-refractivity contribution < 1.29 is 4.79 Å². The zero-order valence-corrected chi connectivity index (χ0v) is 11.9. The first-order chi connectivity index (χ1) is 8.68. The number of hydrogen-bond acceptors (Lipinski definition) is 2. The molecule has 0 radical (unpaired) electrons. The molecule has 1 heterocycles. The monoisotopic (exact) mass is 252 g/mol. The van der Waals surface area contributed by atoms with Crippen LogP contribution in [0.2, 0.25) is 0 Å². The van der Waals surface area contributed by atoms with E-state index in [0.717, 1.165) is 44.7 Å². The molecule has 1 amide bonds. The summed E-state index contributed by atoms with van der Waals surface area (Å²) in [5.74, 6) is 1.06. The van der Waals surface area contributed by atoms with E-state index in [1.165, 1.54) is 19.3 Å². The van der Waals surface area contributed by atoms with Crippen molar-refractivity contribution in [1.82, 2.24) is 10.6 Å². The van der Waals surface area contributed by atoms with E-state index in [1.807, 2.05) is 0 Å². The molecule has 1 saturated heterocycles. The summed E-state index contributed by atoms with van der Waals surface area (Å²) in [7, 11) is 0. The lowest BCUT2D eigenvalue weighted by atomic mass is 9.73. The Labute approximate surface area is 111 Å². The van der Waals surface area contributed by atoms with E-state index in [9.17, 15) is 4.79 Å². The van der Waals surface area contributed by atoms with Crippen LogP contribution in [0.15, 0.2) is 0 Å². The van der Waals surface area contributed by atoms with Crippen LogP contribution in [0.1, 0.15) is 58.8 Å². The van der Waals surface area contributed by atoms with Gasteiger partial charge in [0.25, 0.3) is 0 Å². The van der Waals surface area contributed by atoms with E-state index in [-0.39, 0.29) is 5.41 Å². The molecule has 0 aromatic heterocycles. The smallest absolute Gasteiger partial charge is 0.226 e. The molecule has 2 fully saturated rings. The number of amides is 1. The van der Waals surface area contributed by atoms with Gasteiger partial charge in [-0.25, -0.2) is 0 Å². The lowest BCUT2D eigenvalue weighted by Gasteiger charge is -2.39. The van der Waals surface area contributed by atoms with Crippen molar-refractivity contribution in [3.8, 4) is 0 Å². The number of carbonyl (C=O) groups is 1. The molecule has 0 spiro atoms. The molecule has 2 aliphatic rings. The molecular formula is C15H28N2O. The Morgan fingerprint density at radius 3 is 2.56 bits per heavy atom. The van der Waals surface area contributed by atoms with Crippen LogP contribution in [0.4, 0.5) is 0 Å². The maximum absolute atomic E-state index is 12.6. The Kier molecular flexibility index (Phi) is 4.66. The second-order valence-electron chi connectivity index (χ2n) is 6.23. The molecule has 18 heavy (non-hydrogen) atoms. The molecule has 0 aromatic carbocycles. The molecule has 3 nitrogen and oxygen atoms in total. The SMILES string of the molecule is CCCC1(C(=O)NC(C)C2CCC2)CCNCC1. The first-order valence-corrected chi connectivity index (χ1v) is 7.69. The Bertz CT molecular complexity index is 275. The summed E-state index contributed by atoms with van der Waals surface area (Å²) in [6, 6.07) is 0.370. The molecule has 3 heteroatoms. The van der Waals surface area contributed by atoms with E-state index in [4.69, 9.17) is 0 Å². The zero-order chi connectivity index (χ0) is 13.0. The molecule has 1 atom stereocenters. The van der Waals surface area contributed by atoms with Gasteiger partial charge in [0.2, 0.25) is 5.91 Å². The van der Waals surface area contributed by atoms with E-state index in [1.54, 1.807) is 0 Å². The second-order valence-corrected chi connectivity index (χ2v) is 6.23. The van der Waals surface area contributed by atoms with Gasteiger partial charge in [0.15, 0.2) is 0 Å². The Morgan fingerprint density at radius 2 is 2.06 bits per heavy atom. The quantitative estimate of drug-likeness (QED) is 0.789. The molecule has 1 unspecified atom stereocenters. The molecule has 0 aromatic rings. The molecule has 1 aliphatic heterocycles. The van der Waals surface area contributed by atoms with Crippen molar-refractivity contribution in [2.24, 2.45) is 11.3 Å². The lowest BCUT2D eigenvalue weighted by molar-refractivity contribution is -0.134. The van der Waals surface area contributed by atoms with Gasteiger partial charge in [-0.3, -0.25) is 4.79 Å². The van der Waals surface area contributed by atoms with E-state index in [0.29, 0.717) is 11.9 Å². The van der Waals surface area contributed by atoms with Gasteiger partial charge in [-0.2, -0.15) is 0 Å². The summed E-state index contributed by atoms with van der Waals surface area (Å²) in [4.78, 5) is 12.6. The van der Waals surface area contributed by atoms with Crippen LogP contribution in [0.25, 0.3) is 0 Å². The van der Waals surface area contributed by atoms with Crippen LogP contribution in [-0.2, 0) is 4.79 Å². The number of carbonyl (C=O) groups excluding carboxylic acids is 1. The lowest BCUT2D eigenvalue weighted by Crippen LogP contribution is -2.51. The van der Waals surface area contributed by atoms with Crippen molar-refractivity contribution in [3.63, 3.8) is 0 Å². The molecule has 2 rings (SSSR count). The summed E-state index contributed by atoms with van der Waals surface area (Å²) >= 11 is 0. The van der Waals surface area contributed by atoms with Crippen molar-refractivity contribution in [3.05, 3.63) is 0 Å². The van der Waals surface area contributed by atoms with Crippen LogP contribution in [-0.4, -0.2) is 25.0 Å². The van der Waals surface area contributed by atoms with Crippen molar-refractivity contribution in [1.29, 1.82) is 0 Å². The Balaban J connectivity index is 1.94. The first kappa shape index (κ1) is 13.9. The summed E-state index contributed by atoms with van der Waals surface area (Å²) in [6.45, 7) is 6.35. The highest BCUT2D eigenvalue weighted by atomic mass is 16.2. The highest BCUT2D eigenvalue weighted by molar-refractivity contribution is 5.83. The predicted octanol–water partition coefficient (Wildman–Crippen LogP) is 2.46. The van der Waals surface area contributed by atoms with Crippen LogP contribution < -0.4 is 10.6 Å². The maximum atomic E-state index is 12.6. The third-order valence-electron chi connectivity index (χ3n) is 4.99. The largest absolute Gasteiger partial charge is 0.353 e. The standard InChI is InChI=1S/C15H28N2O/c1-3-7-15(8-10-16-11-9-15)14(18)17-12(2)13-5-4-6-13/h12-13,16H,3-11H2,1-2H3,(H,17,18). The fraction of sp³-hybridized carbons (Fsp3) is 0.933. The minimum atomic E-state index is -0.0853. The van der Waals surface area contributed by atoms with Gasteiger partial charge in [-0.1, -0.05) is 19.8 Å². The number of piperidine rings is 1. The molecule has 0 bridgehead atoms. The van der Waals surface area contributed by atoms with Gasteiger partial charge >= 0.3 is 0 Å². The maximum Gasteiger partial charge on any atom is 0.226 e. The van der Waals surface area contributed by atoms with Crippen LogP contribution in [0, 0.1) is 11.3 Å². The Hall–Kier alpha value is -0.570. The Morgan fingerprint density at radius 1 is 1.39 bits per heavy atom. The average molecular weight is 252 g/mol. The van der Waals surface area contributed by atoms with Crippen molar-refractivity contribution in [2.45, 2.75) is 64.8 Å². The number of rotatable bonds is 5. The summed E-state index contributed by atoms with van der Waals surface area (Å²) in [5.41, 5.74) is -0.0853. The minimum Gasteiger partial charge on any atom is -0.353 e. The summed E-state index contributed by atoms with van der Waals surface area (Å²) in [5, 5.41) is 6.68. The highest BCUT2D eigenvalue weighted by Gasteiger charge is 2.39. The van der Waals surface area contributed by atoms with Crippen molar-refractivity contribution in [2.75, 3.05) is 13.1 Å². The van der Waals surface area contributed by atoms with Crippen molar-refractivity contribution >= 4 is 5.91 Å². The van der Waals surface area contributed by atoms with Gasteiger partial charge in [0, 0.05) is 6.04 Å². The van der Waals surface area contributed by atoms with Gasteiger partial charge in [-0.05, 0) is 58.0 Å². The van der Waals surface area contributed by atoms with Gasteiger partial charge in [0.05, 0.1) is 5.41 Å². The molecule has 1 aliphatic carbocycles. The number of hydrogen-bond donors (Lipinski definition) is 2. The van der Waals surface area contributed by atoms with Crippen LogP contribution in [0.5, 0.6) is 0 Å². The normalized spacial score (nSPS) is 25.2. The molecule has 104 valence electrons. The fourth-order valence-corrected chi connectivity index (χ4v) is 3.39. The first-order valence-electron chi connectivity index (χ1n) is 7.69.